The van der Waals surface area contributed by atoms with Crippen molar-refractivity contribution in [3.8, 4) is 0 Å². The minimum absolute atomic E-state index is 0.0530. The lowest BCUT2D eigenvalue weighted by atomic mass is 10.2. The second kappa shape index (κ2) is 10.5. The summed E-state index contributed by atoms with van der Waals surface area (Å²) in [4.78, 5) is 18.2. The van der Waals surface area contributed by atoms with E-state index in [2.05, 4.69) is 27.8 Å². The Balaban J connectivity index is 2.00. The molecule has 0 saturated heterocycles. The Morgan fingerprint density at radius 2 is 1.85 bits per heavy atom. The summed E-state index contributed by atoms with van der Waals surface area (Å²) in [6.07, 6.45) is 4.48. The highest BCUT2D eigenvalue weighted by Crippen LogP contribution is 2.09. The molecule has 1 aromatic carbocycles. The number of nitrogens with one attached hydrogen (secondary N) is 2. The van der Waals surface area contributed by atoms with Gasteiger partial charge in [-0.25, -0.2) is 0 Å². The Bertz CT molecular complexity index is 652. The molecular weight excluding hydrogens is 344 g/mol. The molecule has 0 bridgehead atoms. The van der Waals surface area contributed by atoms with Gasteiger partial charge in [0.05, 0.1) is 6.54 Å². The number of thiocarbonyl (C=S) groups is 1. The van der Waals surface area contributed by atoms with Crippen LogP contribution in [0.15, 0.2) is 54.9 Å². The normalized spacial score (nSPS) is 11.5. The number of benzene rings is 1. The molecule has 0 saturated carbocycles. The van der Waals surface area contributed by atoms with E-state index >= 15 is 0 Å². The minimum Gasteiger partial charge on any atom is -0.353 e. The standard InChI is InChI=1S/C20H26N4OS/c1-3-16(2)23-19(25)13-22-20(26)24(14-17-8-5-4-6-9-17)15-18-10-7-11-21-12-18/h4-12,16H,3,13-15H2,1-2H3,(H,22,26)(H,23,25)/t16-/m0/s1. The van der Waals surface area contributed by atoms with Gasteiger partial charge in [0.15, 0.2) is 5.11 Å². The van der Waals surface area contributed by atoms with Crippen LogP contribution in [0.2, 0.25) is 0 Å². The van der Waals surface area contributed by atoms with Crippen molar-refractivity contribution in [3.63, 3.8) is 0 Å². The maximum Gasteiger partial charge on any atom is 0.239 e. The third kappa shape index (κ3) is 6.80. The first-order valence-electron chi connectivity index (χ1n) is 8.83. The van der Waals surface area contributed by atoms with E-state index in [4.69, 9.17) is 12.2 Å². The molecule has 0 aliphatic rings. The van der Waals surface area contributed by atoms with Gasteiger partial charge in [-0.1, -0.05) is 43.3 Å². The van der Waals surface area contributed by atoms with Crippen molar-refractivity contribution in [3.05, 3.63) is 66.0 Å². The van der Waals surface area contributed by atoms with Crippen LogP contribution >= 0.6 is 12.2 Å². The summed E-state index contributed by atoms with van der Waals surface area (Å²) in [6, 6.07) is 14.2. The van der Waals surface area contributed by atoms with Gasteiger partial charge in [0, 0.05) is 31.5 Å². The Morgan fingerprint density at radius 3 is 2.50 bits per heavy atom. The van der Waals surface area contributed by atoms with Crippen molar-refractivity contribution >= 4 is 23.2 Å². The summed E-state index contributed by atoms with van der Waals surface area (Å²) < 4.78 is 0. The molecular formula is C20H26N4OS. The Hall–Kier alpha value is -2.47. The van der Waals surface area contributed by atoms with E-state index < -0.39 is 0 Å². The maximum atomic E-state index is 12.0. The second-order valence-corrected chi connectivity index (χ2v) is 6.63. The van der Waals surface area contributed by atoms with Crippen LogP contribution in [0, 0.1) is 0 Å². The van der Waals surface area contributed by atoms with Gasteiger partial charge >= 0.3 is 0 Å². The summed E-state index contributed by atoms with van der Waals surface area (Å²) in [7, 11) is 0. The van der Waals surface area contributed by atoms with Crippen molar-refractivity contribution in [2.24, 2.45) is 0 Å². The molecule has 0 spiro atoms. The van der Waals surface area contributed by atoms with E-state index in [0.717, 1.165) is 17.5 Å². The van der Waals surface area contributed by atoms with Gasteiger partial charge in [-0.2, -0.15) is 0 Å². The van der Waals surface area contributed by atoms with E-state index in [1.54, 1.807) is 6.20 Å². The van der Waals surface area contributed by atoms with Gasteiger partial charge < -0.3 is 15.5 Å². The van der Waals surface area contributed by atoms with E-state index in [1.165, 1.54) is 0 Å². The SMILES string of the molecule is CC[C@H](C)NC(=O)CNC(=S)N(Cc1ccccc1)Cc1cccnc1. The first-order chi connectivity index (χ1) is 12.6. The largest absolute Gasteiger partial charge is 0.353 e. The molecule has 0 aliphatic carbocycles. The van der Waals surface area contributed by atoms with E-state index in [9.17, 15) is 4.79 Å². The molecule has 5 nitrogen and oxygen atoms in total. The predicted molar refractivity (Wildman–Crippen MR) is 108 cm³/mol. The fraction of sp³-hybridized carbons (Fsp3) is 0.350. The third-order valence-electron chi connectivity index (χ3n) is 4.02. The highest BCUT2D eigenvalue weighted by atomic mass is 32.1. The average Bonchev–Trinajstić information content (AvgIpc) is 2.67. The fourth-order valence-electron chi connectivity index (χ4n) is 2.41. The summed E-state index contributed by atoms with van der Waals surface area (Å²) >= 11 is 5.55. The first-order valence-corrected chi connectivity index (χ1v) is 9.24. The molecule has 0 fully saturated rings. The molecule has 2 aromatic rings. The first kappa shape index (κ1) is 19.8. The number of carbonyl (C=O) groups excluding carboxylic acids is 1. The Kier molecular flexibility index (Phi) is 8.02. The molecule has 1 amide bonds. The lowest BCUT2D eigenvalue weighted by molar-refractivity contribution is -0.120. The highest BCUT2D eigenvalue weighted by molar-refractivity contribution is 7.80. The van der Waals surface area contributed by atoms with Crippen LogP contribution < -0.4 is 10.6 Å². The Morgan fingerprint density at radius 1 is 1.15 bits per heavy atom. The van der Waals surface area contributed by atoms with Gasteiger partial charge in [0.2, 0.25) is 5.91 Å². The molecule has 138 valence electrons. The number of amides is 1. The van der Waals surface area contributed by atoms with E-state index in [0.29, 0.717) is 18.2 Å². The monoisotopic (exact) mass is 370 g/mol. The number of hydrogen-bond acceptors (Lipinski definition) is 3. The van der Waals surface area contributed by atoms with Gasteiger partial charge in [-0.05, 0) is 42.8 Å². The molecule has 1 aromatic heterocycles. The number of carbonyl (C=O) groups is 1. The van der Waals surface area contributed by atoms with Crippen molar-refractivity contribution in [2.75, 3.05) is 6.54 Å². The fourth-order valence-corrected chi connectivity index (χ4v) is 2.61. The summed E-state index contributed by atoms with van der Waals surface area (Å²) in [6.45, 7) is 5.48. The molecule has 0 aliphatic heterocycles. The molecule has 2 N–H and O–H groups in total. The van der Waals surface area contributed by atoms with Crippen molar-refractivity contribution in [1.82, 2.24) is 20.5 Å². The quantitative estimate of drug-likeness (QED) is 0.700. The van der Waals surface area contributed by atoms with Crippen molar-refractivity contribution in [2.45, 2.75) is 39.4 Å². The summed E-state index contributed by atoms with van der Waals surface area (Å²) in [5, 5.41) is 6.56. The second-order valence-electron chi connectivity index (χ2n) is 6.24. The Labute approximate surface area is 160 Å². The van der Waals surface area contributed by atoms with Gasteiger partial charge in [-0.3, -0.25) is 9.78 Å². The van der Waals surface area contributed by atoms with Gasteiger partial charge in [0.25, 0.3) is 0 Å². The lowest BCUT2D eigenvalue weighted by Crippen LogP contribution is -2.45. The molecule has 6 heteroatoms. The molecule has 2 rings (SSSR count). The van der Waals surface area contributed by atoms with E-state index in [-0.39, 0.29) is 18.5 Å². The van der Waals surface area contributed by atoms with Crippen molar-refractivity contribution in [1.29, 1.82) is 0 Å². The smallest absolute Gasteiger partial charge is 0.239 e. The van der Waals surface area contributed by atoms with Crippen LogP contribution in [0.1, 0.15) is 31.4 Å². The zero-order valence-electron chi connectivity index (χ0n) is 15.3. The number of nitrogens with zero attached hydrogens (tertiary/aromatic N) is 2. The van der Waals surface area contributed by atoms with Crippen LogP contribution in [0.4, 0.5) is 0 Å². The van der Waals surface area contributed by atoms with Crippen LogP contribution in [0.25, 0.3) is 0 Å². The zero-order valence-corrected chi connectivity index (χ0v) is 16.1. The third-order valence-corrected chi connectivity index (χ3v) is 4.42. The number of pyridine rings is 1. The minimum atomic E-state index is -0.0530. The number of aromatic nitrogens is 1. The molecule has 0 unspecified atom stereocenters. The van der Waals surface area contributed by atoms with Crippen LogP contribution in [0.3, 0.4) is 0 Å². The van der Waals surface area contributed by atoms with Crippen LogP contribution in [-0.2, 0) is 17.9 Å². The molecule has 26 heavy (non-hydrogen) atoms. The highest BCUT2D eigenvalue weighted by Gasteiger charge is 2.13. The molecule has 1 heterocycles. The average molecular weight is 371 g/mol. The van der Waals surface area contributed by atoms with Crippen LogP contribution in [-0.4, -0.2) is 33.5 Å². The maximum absolute atomic E-state index is 12.0. The van der Waals surface area contributed by atoms with Crippen molar-refractivity contribution < 1.29 is 4.79 Å². The number of rotatable bonds is 8. The molecule has 0 radical (unpaired) electrons. The zero-order chi connectivity index (χ0) is 18.8. The number of hydrogen-bond donors (Lipinski definition) is 2. The van der Waals surface area contributed by atoms with Crippen LogP contribution in [0.5, 0.6) is 0 Å². The topological polar surface area (TPSA) is 57.3 Å². The van der Waals surface area contributed by atoms with E-state index in [1.807, 2.05) is 55.3 Å². The summed E-state index contributed by atoms with van der Waals surface area (Å²) in [5.74, 6) is -0.0530. The van der Waals surface area contributed by atoms with Gasteiger partial charge in [-0.15, -0.1) is 0 Å². The predicted octanol–water partition coefficient (Wildman–Crippen LogP) is 2.87. The lowest BCUT2D eigenvalue weighted by Gasteiger charge is -2.26. The summed E-state index contributed by atoms with van der Waals surface area (Å²) in [5.41, 5.74) is 2.22. The molecule has 1 atom stereocenters. The van der Waals surface area contributed by atoms with Gasteiger partial charge in [0.1, 0.15) is 0 Å².